The minimum atomic E-state index is -3.43. The van der Waals surface area contributed by atoms with Gasteiger partial charge >= 0.3 is 0 Å². The van der Waals surface area contributed by atoms with Gasteiger partial charge in [0.2, 0.25) is 21.8 Å². The van der Waals surface area contributed by atoms with Gasteiger partial charge in [-0.05, 0) is 35.9 Å². The second-order valence-electron chi connectivity index (χ2n) is 9.54. The molecular weight excluding hydrogens is 535 g/mol. The number of nitrogens with zero attached hydrogens (tertiary/aromatic N) is 3. The number of rotatable bonds is 7. The van der Waals surface area contributed by atoms with E-state index in [4.69, 9.17) is 16.3 Å². The average Bonchev–Trinajstić information content (AvgIpc) is 2.83. The summed E-state index contributed by atoms with van der Waals surface area (Å²) in [5, 5.41) is 3.02. The van der Waals surface area contributed by atoms with Gasteiger partial charge in [-0.3, -0.25) is 14.5 Å². The first-order chi connectivity index (χ1) is 17.9. The Morgan fingerprint density at radius 3 is 2.32 bits per heavy atom. The van der Waals surface area contributed by atoms with E-state index in [1.807, 2.05) is 0 Å². The van der Waals surface area contributed by atoms with Crippen molar-refractivity contribution in [2.45, 2.75) is 25.6 Å². The molecule has 0 aliphatic carbocycles. The number of hydrogen-bond acceptors (Lipinski definition) is 6. The molecule has 2 bridgehead atoms. The summed E-state index contributed by atoms with van der Waals surface area (Å²) in [4.78, 5) is 29.0. The summed E-state index contributed by atoms with van der Waals surface area (Å²) >= 11 is 6.21. The molecule has 2 saturated heterocycles. The Bertz CT molecular complexity index is 1340. The number of fused-ring (bicyclic) bond motifs is 2. The second-order valence-corrected chi connectivity index (χ2v) is 11.9. The molecule has 2 unspecified atom stereocenters. The van der Waals surface area contributed by atoms with Crippen LogP contribution in [0.4, 0.5) is 10.1 Å². The zero-order valence-corrected chi connectivity index (χ0v) is 22.9. The predicted octanol–water partition coefficient (Wildman–Crippen LogP) is 2.82. The van der Waals surface area contributed by atoms with Crippen LogP contribution in [0, 0.1) is 5.82 Å². The number of methoxy groups -OCH3 is 1. The molecule has 2 atom stereocenters. The van der Waals surface area contributed by atoms with E-state index in [2.05, 4.69) is 10.2 Å². The van der Waals surface area contributed by atoms with Crippen molar-refractivity contribution in [1.82, 2.24) is 14.1 Å². The van der Waals surface area contributed by atoms with Gasteiger partial charge in [-0.1, -0.05) is 23.7 Å². The number of ether oxygens (including phenoxy) is 1. The summed E-state index contributed by atoms with van der Waals surface area (Å²) < 4.78 is 44.7. The van der Waals surface area contributed by atoms with Gasteiger partial charge in [0.25, 0.3) is 0 Å². The third-order valence-corrected chi connectivity index (χ3v) is 8.17. The van der Waals surface area contributed by atoms with E-state index in [9.17, 15) is 22.4 Å². The summed E-state index contributed by atoms with van der Waals surface area (Å²) in [5.41, 5.74) is 1.90. The fourth-order valence-electron chi connectivity index (χ4n) is 5.00. The van der Waals surface area contributed by atoms with Gasteiger partial charge in [0.15, 0.2) is 0 Å². The van der Waals surface area contributed by atoms with Crippen LogP contribution in [0.3, 0.4) is 0 Å². The maximum atomic E-state index is 13.5. The van der Waals surface area contributed by atoms with Crippen LogP contribution in [0.1, 0.15) is 18.1 Å². The van der Waals surface area contributed by atoms with Gasteiger partial charge in [-0.25, -0.2) is 12.8 Å². The standard InChI is InChI=1S/C26H30ClFN4O5S/c1-17(33)29-24-11-23(27)25(37-2)10-19(24)6-9-26(34)32-21-13-30(12-18-4-7-20(28)8-5-18)14-22(32)16-31(15-21)38(3,35)36/h4-11,21-22H,12-16H2,1-3H3,(H,29,33). The molecule has 2 aromatic carbocycles. The van der Waals surface area contributed by atoms with Crippen LogP contribution in [0.15, 0.2) is 42.5 Å². The number of sulfonamides is 1. The molecule has 2 aliphatic rings. The quantitative estimate of drug-likeness (QED) is 0.519. The zero-order valence-electron chi connectivity index (χ0n) is 21.4. The lowest BCUT2D eigenvalue weighted by Gasteiger charge is -2.52. The molecule has 2 aliphatic heterocycles. The van der Waals surface area contributed by atoms with Crippen LogP contribution < -0.4 is 10.1 Å². The highest BCUT2D eigenvalue weighted by molar-refractivity contribution is 7.88. The molecule has 38 heavy (non-hydrogen) atoms. The molecule has 1 N–H and O–H groups in total. The van der Waals surface area contributed by atoms with E-state index < -0.39 is 10.0 Å². The van der Waals surface area contributed by atoms with Crippen LogP contribution in [-0.4, -0.2) is 86.0 Å². The van der Waals surface area contributed by atoms with Gasteiger partial charge in [0.1, 0.15) is 11.6 Å². The number of halogens is 2. The topological polar surface area (TPSA) is 99.3 Å². The van der Waals surface area contributed by atoms with Crippen molar-refractivity contribution in [2.24, 2.45) is 0 Å². The third kappa shape index (κ3) is 6.52. The Balaban J connectivity index is 1.57. The van der Waals surface area contributed by atoms with E-state index in [0.29, 0.717) is 41.7 Å². The number of nitrogens with one attached hydrogen (secondary N) is 1. The number of hydrogen-bond donors (Lipinski definition) is 1. The van der Waals surface area contributed by atoms with E-state index in [1.54, 1.807) is 35.2 Å². The van der Waals surface area contributed by atoms with Crippen LogP contribution in [0.2, 0.25) is 5.02 Å². The Labute approximate surface area is 226 Å². The molecule has 2 fully saturated rings. The van der Waals surface area contributed by atoms with Crippen molar-refractivity contribution in [3.8, 4) is 5.75 Å². The Morgan fingerprint density at radius 2 is 1.76 bits per heavy atom. The summed E-state index contributed by atoms with van der Waals surface area (Å²) in [6.07, 6.45) is 4.18. The lowest BCUT2D eigenvalue weighted by molar-refractivity contribution is -0.138. The Kier molecular flexibility index (Phi) is 8.41. The van der Waals surface area contributed by atoms with Crippen molar-refractivity contribution in [1.29, 1.82) is 0 Å². The molecule has 0 spiro atoms. The maximum Gasteiger partial charge on any atom is 0.247 e. The zero-order chi connectivity index (χ0) is 27.6. The molecule has 2 aromatic rings. The third-order valence-electron chi connectivity index (χ3n) is 6.64. The molecule has 9 nitrogen and oxygen atoms in total. The molecule has 2 heterocycles. The van der Waals surface area contributed by atoms with Crippen LogP contribution in [-0.2, 0) is 26.2 Å². The minimum absolute atomic E-state index is 0.181. The molecule has 0 radical (unpaired) electrons. The highest BCUT2D eigenvalue weighted by Gasteiger charge is 2.44. The monoisotopic (exact) mass is 564 g/mol. The highest BCUT2D eigenvalue weighted by Crippen LogP contribution is 2.32. The fourth-order valence-corrected chi connectivity index (χ4v) is 6.12. The lowest BCUT2D eigenvalue weighted by atomic mass is 10.00. The molecule has 12 heteroatoms. The van der Waals surface area contributed by atoms with Crippen molar-refractivity contribution < 1.29 is 27.1 Å². The lowest BCUT2D eigenvalue weighted by Crippen LogP contribution is -2.69. The van der Waals surface area contributed by atoms with Crippen molar-refractivity contribution in [3.63, 3.8) is 0 Å². The average molecular weight is 565 g/mol. The van der Waals surface area contributed by atoms with Crippen LogP contribution in [0.5, 0.6) is 5.75 Å². The summed E-state index contributed by atoms with van der Waals surface area (Å²) in [6, 6.07) is 8.71. The van der Waals surface area contributed by atoms with E-state index in [0.717, 1.165) is 5.56 Å². The molecule has 204 valence electrons. The number of carbonyl (C=O) groups excluding carboxylic acids is 2. The Morgan fingerprint density at radius 1 is 1.13 bits per heavy atom. The summed E-state index contributed by atoms with van der Waals surface area (Å²) in [5.74, 6) is -0.475. The first-order valence-corrected chi connectivity index (χ1v) is 14.2. The molecule has 4 rings (SSSR count). The van der Waals surface area contributed by atoms with Gasteiger partial charge in [-0.2, -0.15) is 4.31 Å². The summed E-state index contributed by atoms with van der Waals surface area (Å²) in [6.45, 7) is 3.23. The summed E-state index contributed by atoms with van der Waals surface area (Å²) in [7, 11) is -1.96. The normalized spacial score (nSPS) is 20.5. The minimum Gasteiger partial charge on any atom is -0.495 e. The molecule has 0 saturated carbocycles. The van der Waals surface area contributed by atoms with Crippen molar-refractivity contribution >= 4 is 45.2 Å². The smallest absolute Gasteiger partial charge is 0.247 e. The molecule has 2 amide bonds. The van der Waals surface area contributed by atoms with Crippen molar-refractivity contribution in [2.75, 3.05) is 44.9 Å². The van der Waals surface area contributed by atoms with Gasteiger partial charge in [-0.15, -0.1) is 0 Å². The maximum absolute atomic E-state index is 13.5. The first kappa shape index (κ1) is 28.0. The number of amides is 2. The molecule has 0 aromatic heterocycles. The Hall–Kier alpha value is -2.99. The van der Waals surface area contributed by atoms with Gasteiger partial charge in [0, 0.05) is 57.0 Å². The fraction of sp³-hybridized carbons (Fsp3) is 0.385. The largest absolute Gasteiger partial charge is 0.495 e. The highest BCUT2D eigenvalue weighted by atomic mass is 35.5. The first-order valence-electron chi connectivity index (χ1n) is 12.0. The van der Waals surface area contributed by atoms with E-state index >= 15 is 0 Å². The van der Waals surface area contributed by atoms with E-state index in [-0.39, 0.29) is 42.8 Å². The second kappa shape index (κ2) is 11.4. The van der Waals surface area contributed by atoms with E-state index in [1.165, 1.54) is 42.8 Å². The predicted molar refractivity (Wildman–Crippen MR) is 144 cm³/mol. The number of piperazine rings is 2. The SMILES string of the molecule is COc1cc(C=CC(=O)N2C3CN(Cc4ccc(F)cc4)CC2CN(S(C)(=O)=O)C3)c(NC(C)=O)cc1Cl. The van der Waals surface area contributed by atoms with Gasteiger partial charge < -0.3 is 15.0 Å². The van der Waals surface area contributed by atoms with Gasteiger partial charge in [0.05, 0.1) is 30.5 Å². The van der Waals surface area contributed by atoms with Crippen LogP contribution in [0.25, 0.3) is 6.08 Å². The van der Waals surface area contributed by atoms with Crippen LogP contribution >= 0.6 is 11.6 Å². The number of anilines is 1. The number of benzene rings is 2. The number of carbonyl (C=O) groups is 2. The van der Waals surface area contributed by atoms with Crippen molar-refractivity contribution in [3.05, 3.63) is 64.4 Å². The molecular formula is C26H30ClFN4O5S.